The van der Waals surface area contributed by atoms with Crippen molar-refractivity contribution in [2.75, 3.05) is 0 Å². The first-order valence-electron chi connectivity index (χ1n) is 5.41. The van der Waals surface area contributed by atoms with Crippen LogP contribution in [0.15, 0.2) is 0 Å². The van der Waals surface area contributed by atoms with E-state index < -0.39 is 0 Å². The van der Waals surface area contributed by atoms with Gasteiger partial charge in [-0.3, -0.25) is 0 Å². The molecule has 0 radical (unpaired) electrons. The maximum atomic E-state index is 2.44. The van der Waals surface area contributed by atoms with Crippen LogP contribution in [0.4, 0.5) is 0 Å². The van der Waals surface area contributed by atoms with Crippen LogP contribution in [-0.4, -0.2) is 0 Å². The van der Waals surface area contributed by atoms with Crippen LogP contribution < -0.4 is 0 Å². The van der Waals surface area contributed by atoms with Crippen molar-refractivity contribution in [3.63, 3.8) is 0 Å². The van der Waals surface area contributed by atoms with Gasteiger partial charge in [0.1, 0.15) is 0 Å². The molecule has 1 saturated carbocycles. The molecule has 12 heavy (non-hydrogen) atoms. The quantitative estimate of drug-likeness (QED) is 0.511. The molecule has 0 aromatic carbocycles. The molecular formula is C12H24. The maximum Gasteiger partial charge on any atom is -0.0339 e. The summed E-state index contributed by atoms with van der Waals surface area (Å²) in [6.45, 7) is 12.0. The zero-order chi connectivity index (χ0) is 9.35. The van der Waals surface area contributed by atoms with Gasteiger partial charge in [0.05, 0.1) is 0 Å². The molecule has 0 amide bonds. The zero-order valence-corrected chi connectivity index (χ0v) is 9.35. The van der Waals surface area contributed by atoms with E-state index in [4.69, 9.17) is 0 Å². The largest absolute Gasteiger partial charge is 0.0625 e. The molecule has 1 aliphatic rings. The highest BCUT2D eigenvalue weighted by Crippen LogP contribution is 2.43. The Morgan fingerprint density at radius 3 is 2.00 bits per heavy atom. The Labute approximate surface area is 77.7 Å². The molecule has 0 saturated heterocycles. The molecule has 3 unspecified atom stereocenters. The minimum atomic E-state index is 0.527. The summed E-state index contributed by atoms with van der Waals surface area (Å²) >= 11 is 0. The molecule has 0 N–H and O–H groups in total. The summed E-state index contributed by atoms with van der Waals surface area (Å²) in [5, 5.41) is 0. The Hall–Kier alpha value is 0. The van der Waals surface area contributed by atoms with Crippen LogP contribution >= 0.6 is 0 Å². The topological polar surface area (TPSA) is 0 Å². The van der Waals surface area contributed by atoms with E-state index in [1.54, 1.807) is 0 Å². The zero-order valence-electron chi connectivity index (χ0n) is 9.35. The molecule has 72 valence electrons. The van der Waals surface area contributed by atoms with Gasteiger partial charge in [0.25, 0.3) is 0 Å². The predicted molar refractivity (Wildman–Crippen MR) is 55.1 cm³/mol. The molecular weight excluding hydrogens is 144 g/mol. The molecule has 0 nitrogen and oxygen atoms in total. The van der Waals surface area contributed by atoms with E-state index in [1.165, 1.54) is 19.3 Å². The third-order valence-corrected chi connectivity index (χ3v) is 3.54. The van der Waals surface area contributed by atoms with E-state index in [0.29, 0.717) is 5.41 Å². The first-order valence-corrected chi connectivity index (χ1v) is 5.41. The highest BCUT2D eigenvalue weighted by atomic mass is 14.4. The summed E-state index contributed by atoms with van der Waals surface area (Å²) in [5.74, 6) is 2.86. The van der Waals surface area contributed by atoms with E-state index in [1.807, 2.05) is 0 Å². The van der Waals surface area contributed by atoms with Crippen LogP contribution in [0, 0.1) is 23.2 Å². The van der Waals surface area contributed by atoms with Crippen molar-refractivity contribution in [1.29, 1.82) is 0 Å². The molecule has 1 aliphatic carbocycles. The van der Waals surface area contributed by atoms with Crippen molar-refractivity contribution in [2.24, 2.45) is 23.2 Å². The van der Waals surface area contributed by atoms with Crippen molar-refractivity contribution in [2.45, 2.75) is 53.9 Å². The van der Waals surface area contributed by atoms with Gasteiger partial charge in [-0.25, -0.2) is 0 Å². The first kappa shape index (κ1) is 10.1. The van der Waals surface area contributed by atoms with Crippen molar-refractivity contribution < 1.29 is 0 Å². The van der Waals surface area contributed by atoms with Gasteiger partial charge in [0, 0.05) is 0 Å². The van der Waals surface area contributed by atoms with Gasteiger partial charge >= 0.3 is 0 Å². The Morgan fingerprint density at radius 1 is 1.00 bits per heavy atom. The summed E-state index contributed by atoms with van der Waals surface area (Å²) in [6.07, 6.45) is 4.35. The van der Waals surface area contributed by atoms with Crippen LogP contribution in [0.25, 0.3) is 0 Å². The lowest BCUT2D eigenvalue weighted by atomic mass is 9.65. The molecule has 0 aromatic rings. The lowest BCUT2D eigenvalue weighted by Crippen LogP contribution is -2.31. The summed E-state index contributed by atoms with van der Waals surface area (Å²) in [6, 6.07) is 0. The van der Waals surface area contributed by atoms with E-state index in [0.717, 1.165) is 17.8 Å². The number of hydrogen-bond donors (Lipinski definition) is 0. The molecule has 0 aromatic heterocycles. The van der Waals surface area contributed by atoms with Gasteiger partial charge in [0.15, 0.2) is 0 Å². The summed E-state index contributed by atoms with van der Waals surface area (Å²) < 4.78 is 0. The van der Waals surface area contributed by atoms with Crippen LogP contribution in [0.2, 0.25) is 0 Å². The van der Waals surface area contributed by atoms with Crippen molar-refractivity contribution >= 4 is 0 Å². The monoisotopic (exact) mass is 168 g/mol. The molecule has 1 fully saturated rings. The van der Waals surface area contributed by atoms with Crippen LogP contribution in [0.1, 0.15) is 53.9 Å². The van der Waals surface area contributed by atoms with Crippen LogP contribution in [0.3, 0.4) is 0 Å². The molecule has 0 heterocycles. The van der Waals surface area contributed by atoms with Crippen LogP contribution in [0.5, 0.6) is 0 Å². The highest BCUT2D eigenvalue weighted by Gasteiger charge is 2.33. The predicted octanol–water partition coefficient (Wildman–Crippen LogP) is 4.10. The lowest BCUT2D eigenvalue weighted by Gasteiger charge is -2.41. The third-order valence-electron chi connectivity index (χ3n) is 3.54. The minimum absolute atomic E-state index is 0.527. The minimum Gasteiger partial charge on any atom is -0.0625 e. The first-order chi connectivity index (χ1) is 5.41. The lowest BCUT2D eigenvalue weighted by molar-refractivity contribution is 0.0952. The Bertz CT molecular complexity index is 141. The Kier molecular flexibility index (Phi) is 2.85. The van der Waals surface area contributed by atoms with Gasteiger partial charge < -0.3 is 0 Å². The second-order valence-electron chi connectivity index (χ2n) is 5.87. The van der Waals surface area contributed by atoms with Gasteiger partial charge in [-0.05, 0) is 36.0 Å². The number of rotatable bonds is 0. The third kappa shape index (κ3) is 2.24. The van der Waals surface area contributed by atoms with E-state index >= 15 is 0 Å². The average molecular weight is 168 g/mol. The van der Waals surface area contributed by atoms with Crippen molar-refractivity contribution in [3.8, 4) is 0 Å². The molecule has 1 rings (SSSR count). The standard InChI is InChI=1S/C12H24/c1-9-6-7-11(10(2)8-9)12(3,4)5/h9-11H,6-8H2,1-5H3. The van der Waals surface area contributed by atoms with Gasteiger partial charge in [-0.1, -0.05) is 41.0 Å². The SMILES string of the molecule is CC1CCC(C(C)(C)C)C(C)C1. The van der Waals surface area contributed by atoms with E-state index in [9.17, 15) is 0 Å². The summed E-state index contributed by atoms with van der Waals surface area (Å²) in [7, 11) is 0. The molecule has 0 bridgehead atoms. The van der Waals surface area contributed by atoms with Crippen LogP contribution in [-0.2, 0) is 0 Å². The van der Waals surface area contributed by atoms with Gasteiger partial charge in [-0.15, -0.1) is 0 Å². The smallest absolute Gasteiger partial charge is 0.0339 e. The summed E-state index contributed by atoms with van der Waals surface area (Å²) in [5.41, 5.74) is 0.527. The average Bonchev–Trinajstić information content (AvgIpc) is 1.83. The fourth-order valence-electron chi connectivity index (χ4n) is 2.95. The van der Waals surface area contributed by atoms with Crippen molar-refractivity contribution in [1.82, 2.24) is 0 Å². The fraction of sp³-hybridized carbons (Fsp3) is 1.00. The second kappa shape index (κ2) is 3.40. The van der Waals surface area contributed by atoms with Crippen molar-refractivity contribution in [3.05, 3.63) is 0 Å². The summed E-state index contributed by atoms with van der Waals surface area (Å²) in [4.78, 5) is 0. The Morgan fingerprint density at radius 2 is 1.58 bits per heavy atom. The van der Waals surface area contributed by atoms with Gasteiger partial charge in [-0.2, -0.15) is 0 Å². The number of hydrogen-bond acceptors (Lipinski definition) is 0. The highest BCUT2D eigenvalue weighted by molar-refractivity contribution is 4.83. The molecule has 0 spiro atoms. The Balaban J connectivity index is 2.57. The molecule has 3 atom stereocenters. The second-order valence-corrected chi connectivity index (χ2v) is 5.87. The van der Waals surface area contributed by atoms with Gasteiger partial charge in [0.2, 0.25) is 0 Å². The molecule has 0 aliphatic heterocycles. The molecule has 0 heteroatoms. The maximum absolute atomic E-state index is 2.44. The fourth-order valence-corrected chi connectivity index (χ4v) is 2.95. The van der Waals surface area contributed by atoms with E-state index in [-0.39, 0.29) is 0 Å². The normalized spacial score (nSPS) is 38.2. The van der Waals surface area contributed by atoms with E-state index in [2.05, 4.69) is 34.6 Å².